The van der Waals surface area contributed by atoms with Gasteiger partial charge in [-0.15, -0.1) is 0 Å². The van der Waals surface area contributed by atoms with Crippen molar-refractivity contribution in [3.63, 3.8) is 0 Å². The predicted molar refractivity (Wildman–Crippen MR) is 105 cm³/mol. The van der Waals surface area contributed by atoms with Crippen LogP contribution in [0, 0.1) is 0 Å². The normalized spacial score (nSPS) is 13.7. The van der Waals surface area contributed by atoms with Gasteiger partial charge in [-0.05, 0) is 47.7 Å². The van der Waals surface area contributed by atoms with E-state index in [2.05, 4.69) is 26.1 Å². The first-order valence-corrected chi connectivity index (χ1v) is 9.20. The molecular formula is C22H25NO5. The SMILES string of the molecule is C[C@H](NC(=O)COC(=O)c1ccc(C(C)(C)C)cc1)c1ccc2c(c1)OCO2. The zero-order valence-corrected chi connectivity index (χ0v) is 16.6. The number of fused-ring (bicyclic) bond motifs is 1. The number of esters is 1. The zero-order chi connectivity index (χ0) is 20.3. The van der Waals surface area contributed by atoms with Crippen LogP contribution < -0.4 is 14.8 Å². The van der Waals surface area contributed by atoms with Crippen LogP contribution in [0.4, 0.5) is 0 Å². The second-order valence-corrected chi connectivity index (χ2v) is 7.81. The van der Waals surface area contributed by atoms with E-state index in [4.69, 9.17) is 14.2 Å². The lowest BCUT2D eigenvalue weighted by molar-refractivity contribution is -0.124. The molecule has 1 heterocycles. The summed E-state index contributed by atoms with van der Waals surface area (Å²) in [7, 11) is 0. The van der Waals surface area contributed by atoms with Gasteiger partial charge < -0.3 is 19.5 Å². The minimum Gasteiger partial charge on any atom is -0.454 e. The fourth-order valence-electron chi connectivity index (χ4n) is 2.87. The second-order valence-electron chi connectivity index (χ2n) is 7.81. The van der Waals surface area contributed by atoms with E-state index in [-0.39, 0.29) is 30.8 Å². The van der Waals surface area contributed by atoms with Crippen molar-refractivity contribution in [3.8, 4) is 11.5 Å². The molecule has 1 aliphatic heterocycles. The Kier molecular flexibility index (Phi) is 5.58. The molecule has 6 nitrogen and oxygen atoms in total. The highest BCUT2D eigenvalue weighted by Crippen LogP contribution is 2.34. The summed E-state index contributed by atoms with van der Waals surface area (Å²) in [6.07, 6.45) is 0. The van der Waals surface area contributed by atoms with Crippen molar-refractivity contribution in [2.45, 2.75) is 39.2 Å². The predicted octanol–water partition coefficient (Wildman–Crippen LogP) is 3.75. The van der Waals surface area contributed by atoms with Crippen LogP contribution in [-0.4, -0.2) is 25.3 Å². The van der Waals surface area contributed by atoms with E-state index < -0.39 is 5.97 Å². The van der Waals surface area contributed by atoms with Gasteiger partial charge in [-0.2, -0.15) is 0 Å². The second kappa shape index (κ2) is 7.92. The summed E-state index contributed by atoms with van der Waals surface area (Å²) in [6, 6.07) is 12.5. The van der Waals surface area contributed by atoms with Gasteiger partial charge in [0.2, 0.25) is 6.79 Å². The molecule has 0 fully saturated rings. The van der Waals surface area contributed by atoms with Crippen molar-refractivity contribution in [1.82, 2.24) is 5.32 Å². The van der Waals surface area contributed by atoms with E-state index in [0.29, 0.717) is 17.1 Å². The molecule has 0 unspecified atom stereocenters. The number of amides is 1. The monoisotopic (exact) mass is 383 g/mol. The van der Waals surface area contributed by atoms with Crippen LogP contribution in [0.15, 0.2) is 42.5 Å². The van der Waals surface area contributed by atoms with Crippen LogP contribution in [0.2, 0.25) is 0 Å². The molecule has 0 radical (unpaired) electrons. The van der Waals surface area contributed by atoms with Gasteiger partial charge in [0, 0.05) is 0 Å². The van der Waals surface area contributed by atoms with Crippen molar-refractivity contribution < 1.29 is 23.8 Å². The third kappa shape index (κ3) is 4.63. The van der Waals surface area contributed by atoms with Crippen LogP contribution >= 0.6 is 0 Å². The maximum absolute atomic E-state index is 12.2. The minimum absolute atomic E-state index is 0.00712. The van der Waals surface area contributed by atoms with Crippen LogP contribution in [0.1, 0.15) is 55.2 Å². The molecule has 0 aromatic heterocycles. The lowest BCUT2D eigenvalue weighted by atomic mass is 9.87. The molecule has 1 amide bonds. The molecule has 2 aromatic carbocycles. The fraction of sp³-hybridized carbons (Fsp3) is 0.364. The van der Waals surface area contributed by atoms with E-state index in [1.54, 1.807) is 12.1 Å². The standard InChI is InChI=1S/C22H25NO5/c1-14(16-7-10-18-19(11-16)28-13-27-18)23-20(24)12-26-21(25)15-5-8-17(9-6-15)22(2,3)4/h5-11,14H,12-13H2,1-4H3,(H,23,24)/t14-/m0/s1. The average molecular weight is 383 g/mol. The molecule has 1 aliphatic rings. The molecule has 0 spiro atoms. The molecule has 1 N–H and O–H groups in total. The molecule has 28 heavy (non-hydrogen) atoms. The van der Waals surface area contributed by atoms with Crippen molar-refractivity contribution in [2.24, 2.45) is 0 Å². The maximum atomic E-state index is 12.2. The summed E-state index contributed by atoms with van der Waals surface area (Å²) in [6.45, 7) is 8.02. The number of carbonyl (C=O) groups is 2. The summed E-state index contributed by atoms with van der Waals surface area (Å²) in [5.74, 6) is 0.452. The Labute approximate surface area is 164 Å². The van der Waals surface area contributed by atoms with Crippen molar-refractivity contribution >= 4 is 11.9 Å². The lowest BCUT2D eigenvalue weighted by Gasteiger charge is -2.19. The molecule has 148 valence electrons. The Morgan fingerprint density at radius 3 is 2.43 bits per heavy atom. The molecule has 0 saturated heterocycles. The van der Waals surface area contributed by atoms with E-state index in [1.807, 2.05) is 37.3 Å². The van der Waals surface area contributed by atoms with Gasteiger partial charge in [-0.1, -0.05) is 39.0 Å². The lowest BCUT2D eigenvalue weighted by Crippen LogP contribution is -2.31. The van der Waals surface area contributed by atoms with Crippen LogP contribution in [0.25, 0.3) is 0 Å². The maximum Gasteiger partial charge on any atom is 0.338 e. The van der Waals surface area contributed by atoms with Gasteiger partial charge >= 0.3 is 5.97 Å². The first-order valence-electron chi connectivity index (χ1n) is 9.20. The Balaban J connectivity index is 1.51. The van der Waals surface area contributed by atoms with Gasteiger partial charge in [0.15, 0.2) is 18.1 Å². The number of ether oxygens (including phenoxy) is 3. The van der Waals surface area contributed by atoms with Crippen LogP contribution in [-0.2, 0) is 14.9 Å². The molecule has 2 aromatic rings. The molecule has 0 aliphatic carbocycles. The van der Waals surface area contributed by atoms with Crippen molar-refractivity contribution in [1.29, 1.82) is 0 Å². The Morgan fingerprint density at radius 2 is 1.75 bits per heavy atom. The number of hydrogen-bond acceptors (Lipinski definition) is 5. The Hall–Kier alpha value is -3.02. The van der Waals surface area contributed by atoms with Gasteiger partial charge in [0.25, 0.3) is 5.91 Å². The van der Waals surface area contributed by atoms with Crippen molar-refractivity contribution in [3.05, 3.63) is 59.2 Å². The van der Waals surface area contributed by atoms with Gasteiger partial charge in [0.1, 0.15) is 0 Å². The number of rotatable bonds is 5. The van der Waals surface area contributed by atoms with Gasteiger partial charge in [-0.3, -0.25) is 4.79 Å². The highest BCUT2D eigenvalue weighted by molar-refractivity contribution is 5.91. The highest BCUT2D eigenvalue weighted by atomic mass is 16.7. The highest BCUT2D eigenvalue weighted by Gasteiger charge is 2.18. The van der Waals surface area contributed by atoms with E-state index in [9.17, 15) is 9.59 Å². The summed E-state index contributed by atoms with van der Waals surface area (Å²) in [5, 5.41) is 2.81. The molecule has 0 bridgehead atoms. The number of nitrogens with one attached hydrogen (secondary N) is 1. The quantitative estimate of drug-likeness (QED) is 0.796. The molecule has 0 saturated carbocycles. The van der Waals surface area contributed by atoms with E-state index in [1.165, 1.54) is 0 Å². The Bertz CT molecular complexity index is 867. The third-order valence-corrected chi connectivity index (χ3v) is 4.60. The van der Waals surface area contributed by atoms with E-state index >= 15 is 0 Å². The van der Waals surface area contributed by atoms with E-state index in [0.717, 1.165) is 11.1 Å². The van der Waals surface area contributed by atoms with Gasteiger partial charge in [0.05, 0.1) is 11.6 Å². The van der Waals surface area contributed by atoms with Crippen LogP contribution in [0.5, 0.6) is 11.5 Å². The minimum atomic E-state index is -0.522. The van der Waals surface area contributed by atoms with Crippen LogP contribution in [0.3, 0.4) is 0 Å². The third-order valence-electron chi connectivity index (χ3n) is 4.60. The fourth-order valence-corrected chi connectivity index (χ4v) is 2.87. The number of hydrogen-bond donors (Lipinski definition) is 1. The summed E-state index contributed by atoms with van der Waals surface area (Å²) in [5.41, 5.74) is 2.43. The first-order chi connectivity index (χ1) is 13.2. The Morgan fingerprint density at radius 1 is 1.07 bits per heavy atom. The molecule has 1 atom stereocenters. The molecular weight excluding hydrogens is 358 g/mol. The largest absolute Gasteiger partial charge is 0.454 e. The topological polar surface area (TPSA) is 73.9 Å². The number of benzene rings is 2. The first kappa shape index (κ1) is 19.7. The number of carbonyl (C=O) groups excluding carboxylic acids is 2. The molecule has 6 heteroatoms. The summed E-state index contributed by atoms with van der Waals surface area (Å²) in [4.78, 5) is 24.3. The van der Waals surface area contributed by atoms with Gasteiger partial charge in [-0.25, -0.2) is 4.79 Å². The molecule has 3 rings (SSSR count). The smallest absolute Gasteiger partial charge is 0.338 e. The zero-order valence-electron chi connectivity index (χ0n) is 16.6. The van der Waals surface area contributed by atoms with Crippen molar-refractivity contribution in [2.75, 3.05) is 13.4 Å². The summed E-state index contributed by atoms with van der Waals surface area (Å²) < 4.78 is 15.8. The summed E-state index contributed by atoms with van der Waals surface area (Å²) >= 11 is 0. The average Bonchev–Trinajstić information content (AvgIpc) is 3.13.